The minimum Gasteiger partial charge on any atom is -0.480 e. The number of nitrogens with zero attached hydrogens (tertiary/aromatic N) is 2. The van der Waals surface area contributed by atoms with Crippen LogP contribution in [0.1, 0.15) is 18.5 Å². The Balaban J connectivity index is 2.11. The Hall–Kier alpha value is -2.10. The van der Waals surface area contributed by atoms with E-state index >= 15 is 0 Å². The highest BCUT2D eigenvalue weighted by atomic mass is 19.4. The molecule has 0 amide bonds. The number of carbonyl (C=O) groups is 1. The number of rotatable bonds is 6. The maximum atomic E-state index is 12.8. The molecule has 22 heavy (non-hydrogen) atoms. The van der Waals surface area contributed by atoms with Crippen LogP contribution in [-0.4, -0.2) is 46.8 Å². The largest absolute Gasteiger partial charge is 0.480 e. The first-order chi connectivity index (χ1) is 10.3. The van der Waals surface area contributed by atoms with E-state index in [1.807, 2.05) is 0 Å². The van der Waals surface area contributed by atoms with Crippen molar-refractivity contribution in [2.75, 3.05) is 30.3 Å². The van der Waals surface area contributed by atoms with Crippen molar-refractivity contribution in [2.24, 2.45) is 0 Å². The molecule has 1 atom stereocenters. The fourth-order valence-electron chi connectivity index (χ4n) is 1.94. The van der Waals surface area contributed by atoms with E-state index in [0.29, 0.717) is 13.2 Å². The van der Waals surface area contributed by atoms with Crippen molar-refractivity contribution in [2.45, 2.75) is 25.1 Å². The smallest absolute Gasteiger partial charge is 0.433 e. The zero-order valence-electron chi connectivity index (χ0n) is 11.5. The van der Waals surface area contributed by atoms with Gasteiger partial charge in [0.15, 0.2) is 5.69 Å². The fraction of sp³-hybridized carbons (Fsp3) is 0.583. The SMILES string of the molecule is O=C(O)CNc1nc(NC[C@@H]2CCCO2)cc(C(F)(F)F)n1. The number of carboxylic acids is 1. The van der Waals surface area contributed by atoms with E-state index in [-0.39, 0.29) is 11.9 Å². The molecular formula is C12H15F3N4O3. The second-order valence-electron chi connectivity index (χ2n) is 4.72. The number of alkyl halides is 3. The number of hydrogen-bond acceptors (Lipinski definition) is 6. The minimum absolute atomic E-state index is 0.0364. The number of ether oxygens (including phenoxy) is 1. The molecule has 2 heterocycles. The summed E-state index contributed by atoms with van der Waals surface area (Å²) >= 11 is 0. The van der Waals surface area contributed by atoms with E-state index < -0.39 is 30.3 Å². The zero-order chi connectivity index (χ0) is 16.2. The first-order valence-corrected chi connectivity index (χ1v) is 6.62. The van der Waals surface area contributed by atoms with Gasteiger partial charge in [0.05, 0.1) is 6.10 Å². The van der Waals surface area contributed by atoms with Crippen LogP contribution >= 0.6 is 0 Å². The van der Waals surface area contributed by atoms with Gasteiger partial charge >= 0.3 is 12.1 Å². The molecule has 1 saturated heterocycles. The summed E-state index contributed by atoms with van der Waals surface area (Å²) in [6.07, 6.45) is -2.98. The fourth-order valence-corrected chi connectivity index (χ4v) is 1.94. The molecule has 1 aliphatic heterocycles. The topological polar surface area (TPSA) is 96.4 Å². The highest BCUT2D eigenvalue weighted by Crippen LogP contribution is 2.29. The maximum absolute atomic E-state index is 12.8. The molecule has 3 N–H and O–H groups in total. The van der Waals surface area contributed by atoms with Crippen LogP contribution in [-0.2, 0) is 15.7 Å². The Labute approximate surface area is 123 Å². The molecule has 1 aliphatic rings. The lowest BCUT2D eigenvalue weighted by Crippen LogP contribution is -2.21. The first-order valence-electron chi connectivity index (χ1n) is 6.62. The van der Waals surface area contributed by atoms with Gasteiger partial charge in [-0.1, -0.05) is 0 Å². The van der Waals surface area contributed by atoms with Crippen LogP contribution in [0.3, 0.4) is 0 Å². The molecule has 10 heteroatoms. The van der Waals surface area contributed by atoms with E-state index in [9.17, 15) is 18.0 Å². The Kier molecular flexibility index (Phi) is 5.01. The lowest BCUT2D eigenvalue weighted by Gasteiger charge is -2.14. The summed E-state index contributed by atoms with van der Waals surface area (Å²) in [5, 5.41) is 13.5. The maximum Gasteiger partial charge on any atom is 0.433 e. The summed E-state index contributed by atoms with van der Waals surface area (Å²) in [6, 6.07) is 0.779. The highest BCUT2D eigenvalue weighted by molar-refractivity contribution is 5.71. The summed E-state index contributed by atoms with van der Waals surface area (Å²) in [5.41, 5.74) is -1.15. The average Bonchev–Trinajstić information content (AvgIpc) is 2.95. The second kappa shape index (κ2) is 6.77. The van der Waals surface area contributed by atoms with E-state index in [0.717, 1.165) is 18.9 Å². The quantitative estimate of drug-likeness (QED) is 0.732. The second-order valence-corrected chi connectivity index (χ2v) is 4.72. The molecule has 7 nitrogen and oxygen atoms in total. The summed E-state index contributed by atoms with van der Waals surface area (Å²) in [7, 11) is 0. The van der Waals surface area contributed by atoms with E-state index in [1.54, 1.807) is 0 Å². The van der Waals surface area contributed by atoms with Crippen LogP contribution < -0.4 is 10.6 Å². The summed E-state index contributed by atoms with van der Waals surface area (Å²) in [6.45, 7) is 0.383. The highest BCUT2D eigenvalue weighted by Gasteiger charge is 2.34. The molecule has 0 radical (unpaired) electrons. The number of anilines is 2. The summed E-state index contributed by atoms with van der Waals surface area (Å²) in [4.78, 5) is 17.6. The van der Waals surface area contributed by atoms with Gasteiger partial charge in [-0.3, -0.25) is 4.79 Å². The summed E-state index contributed by atoms with van der Waals surface area (Å²) < 4.78 is 43.8. The van der Waals surface area contributed by atoms with Crippen LogP contribution in [0.2, 0.25) is 0 Å². The molecule has 0 bridgehead atoms. The van der Waals surface area contributed by atoms with E-state index in [4.69, 9.17) is 9.84 Å². The monoisotopic (exact) mass is 320 g/mol. The number of hydrogen-bond donors (Lipinski definition) is 3. The summed E-state index contributed by atoms with van der Waals surface area (Å²) in [5.74, 6) is -1.66. The zero-order valence-corrected chi connectivity index (χ0v) is 11.5. The van der Waals surface area contributed by atoms with Crippen molar-refractivity contribution in [3.05, 3.63) is 11.8 Å². The van der Waals surface area contributed by atoms with Crippen LogP contribution in [0.15, 0.2) is 6.07 Å². The van der Waals surface area contributed by atoms with Gasteiger partial charge in [0.1, 0.15) is 12.4 Å². The lowest BCUT2D eigenvalue weighted by molar-refractivity contribution is -0.141. The number of nitrogens with one attached hydrogen (secondary N) is 2. The Morgan fingerprint density at radius 1 is 1.41 bits per heavy atom. The third-order valence-electron chi connectivity index (χ3n) is 2.95. The Morgan fingerprint density at radius 2 is 2.18 bits per heavy atom. The molecule has 1 aromatic heterocycles. The Morgan fingerprint density at radius 3 is 2.77 bits per heavy atom. The van der Waals surface area contributed by atoms with Crippen LogP contribution in [0.4, 0.5) is 24.9 Å². The third kappa shape index (κ3) is 4.72. The number of carboxylic acid groups (broad SMARTS) is 1. The van der Waals surface area contributed by atoms with Gasteiger partial charge in [-0.2, -0.15) is 18.2 Å². The van der Waals surface area contributed by atoms with Crippen molar-refractivity contribution in [1.82, 2.24) is 9.97 Å². The molecule has 0 spiro atoms. The predicted octanol–water partition coefficient (Wildman–Crippen LogP) is 1.58. The van der Waals surface area contributed by atoms with Gasteiger partial charge in [0.25, 0.3) is 0 Å². The van der Waals surface area contributed by atoms with Crippen molar-refractivity contribution in [3.63, 3.8) is 0 Å². The van der Waals surface area contributed by atoms with Crippen LogP contribution in [0.5, 0.6) is 0 Å². The standard InChI is InChI=1S/C12H15F3N4O3/c13-12(14,15)8-4-9(16-5-7-2-1-3-22-7)19-11(18-8)17-6-10(20)21/h4,7H,1-3,5-6H2,(H,20,21)(H2,16,17,18,19)/t7-/m0/s1. The Bertz CT molecular complexity index is 533. The van der Waals surface area contributed by atoms with Gasteiger partial charge < -0.3 is 20.5 Å². The van der Waals surface area contributed by atoms with Gasteiger partial charge in [0.2, 0.25) is 5.95 Å². The lowest BCUT2D eigenvalue weighted by atomic mass is 10.2. The van der Waals surface area contributed by atoms with Gasteiger partial charge in [0, 0.05) is 19.2 Å². The van der Waals surface area contributed by atoms with Gasteiger partial charge in [-0.25, -0.2) is 4.98 Å². The van der Waals surface area contributed by atoms with E-state index in [2.05, 4.69) is 20.6 Å². The number of aliphatic carboxylic acids is 1. The van der Waals surface area contributed by atoms with Gasteiger partial charge in [-0.05, 0) is 12.8 Å². The number of aromatic nitrogens is 2. The molecule has 0 unspecified atom stereocenters. The van der Waals surface area contributed by atoms with Gasteiger partial charge in [-0.15, -0.1) is 0 Å². The molecular weight excluding hydrogens is 305 g/mol. The van der Waals surface area contributed by atoms with Crippen LogP contribution in [0, 0.1) is 0 Å². The molecule has 1 fully saturated rings. The third-order valence-corrected chi connectivity index (χ3v) is 2.95. The minimum atomic E-state index is -4.65. The molecule has 0 aromatic carbocycles. The first kappa shape index (κ1) is 16.3. The van der Waals surface area contributed by atoms with Crippen LogP contribution in [0.25, 0.3) is 0 Å². The number of halogens is 3. The molecule has 0 aliphatic carbocycles. The van der Waals surface area contributed by atoms with Crippen molar-refractivity contribution < 1.29 is 27.8 Å². The van der Waals surface area contributed by atoms with Crippen molar-refractivity contribution >= 4 is 17.7 Å². The molecule has 2 rings (SSSR count). The van der Waals surface area contributed by atoms with Crippen molar-refractivity contribution in [1.29, 1.82) is 0 Å². The average molecular weight is 320 g/mol. The normalized spacial score (nSPS) is 18.2. The van der Waals surface area contributed by atoms with E-state index in [1.165, 1.54) is 0 Å². The molecule has 1 aromatic rings. The molecule has 122 valence electrons. The predicted molar refractivity (Wildman–Crippen MR) is 70.6 cm³/mol. The molecule has 0 saturated carbocycles. The van der Waals surface area contributed by atoms with Crippen molar-refractivity contribution in [3.8, 4) is 0 Å².